The number of carbonyl (C=O) groups is 1. The van der Waals surface area contributed by atoms with Crippen LogP contribution in [0.15, 0.2) is 0 Å². The third kappa shape index (κ3) is 4.55. The minimum atomic E-state index is -0.288. The minimum Gasteiger partial charge on any atom is -0.355 e. The highest BCUT2D eigenvalue weighted by atomic mass is 16.7. The molecule has 1 aliphatic rings. The van der Waals surface area contributed by atoms with Crippen molar-refractivity contribution in [3.8, 4) is 0 Å². The molecule has 0 atom stereocenters. The van der Waals surface area contributed by atoms with Gasteiger partial charge in [-0.05, 0) is 12.8 Å². The van der Waals surface area contributed by atoms with Crippen LogP contribution in [0.4, 0.5) is 0 Å². The first-order chi connectivity index (χ1) is 6.76. The lowest BCUT2D eigenvalue weighted by Gasteiger charge is -2.13. The van der Waals surface area contributed by atoms with Gasteiger partial charge in [0.2, 0.25) is 5.91 Å². The highest BCUT2D eigenvalue weighted by Gasteiger charge is 2.22. The van der Waals surface area contributed by atoms with Gasteiger partial charge in [-0.2, -0.15) is 0 Å². The maximum absolute atomic E-state index is 11.2. The van der Waals surface area contributed by atoms with E-state index in [1.54, 1.807) is 14.2 Å². The molecular formula is C9H18N2O3. The number of rotatable bonds is 7. The molecule has 0 aromatic carbocycles. The Kier molecular flexibility index (Phi) is 4.86. The van der Waals surface area contributed by atoms with E-state index in [0.29, 0.717) is 19.1 Å². The van der Waals surface area contributed by atoms with Crippen LogP contribution in [0.25, 0.3) is 0 Å². The molecule has 0 aromatic heterocycles. The van der Waals surface area contributed by atoms with Gasteiger partial charge in [-0.15, -0.1) is 0 Å². The standard InChI is InChI=1S/C9H18N2O3/c1-13-9(14-2)6-10-5-8(12)11-7-3-4-7/h7,9-10H,3-6H2,1-2H3,(H,11,12). The molecular weight excluding hydrogens is 184 g/mol. The maximum atomic E-state index is 11.2. The fourth-order valence-corrected chi connectivity index (χ4v) is 1.07. The lowest BCUT2D eigenvalue weighted by atomic mass is 10.5. The molecule has 14 heavy (non-hydrogen) atoms. The quantitative estimate of drug-likeness (QED) is 0.545. The average molecular weight is 202 g/mol. The Labute approximate surface area is 84.1 Å². The summed E-state index contributed by atoms with van der Waals surface area (Å²) in [6.07, 6.45) is 1.94. The molecule has 1 aliphatic carbocycles. The predicted molar refractivity (Wildman–Crippen MR) is 51.8 cm³/mol. The van der Waals surface area contributed by atoms with Crippen LogP contribution < -0.4 is 10.6 Å². The molecule has 0 aromatic rings. The van der Waals surface area contributed by atoms with E-state index >= 15 is 0 Å². The topological polar surface area (TPSA) is 59.6 Å². The van der Waals surface area contributed by atoms with Crippen LogP contribution in [0.2, 0.25) is 0 Å². The van der Waals surface area contributed by atoms with Crippen molar-refractivity contribution in [2.75, 3.05) is 27.3 Å². The van der Waals surface area contributed by atoms with Gasteiger partial charge in [0, 0.05) is 26.8 Å². The molecule has 0 unspecified atom stereocenters. The van der Waals surface area contributed by atoms with Crippen LogP contribution in [0, 0.1) is 0 Å². The van der Waals surface area contributed by atoms with Gasteiger partial charge in [-0.3, -0.25) is 4.79 Å². The number of hydrogen-bond donors (Lipinski definition) is 2. The number of amides is 1. The van der Waals surface area contributed by atoms with Gasteiger partial charge in [0.1, 0.15) is 0 Å². The van der Waals surface area contributed by atoms with Crippen LogP contribution in [0.3, 0.4) is 0 Å². The summed E-state index contributed by atoms with van der Waals surface area (Å²) in [4.78, 5) is 11.2. The molecule has 0 spiro atoms. The highest BCUT2D eigenvalue weighted by Crippen LogP contribution is 2.18. The Balaban J connectivity index is 1.98. The number of ether oxygens (including phenoxy) is 2. The number of methoxy groups -OCH3 is 2. The molecule has 1 rings (SSSR count). The second-order valence-electron chi connectivity index (χ2n) is 3.37. The monoisotopic (exact) mass is 202 g/mol. The molecule has 1 fully saturated rings. The number of hydrogen-bond acceptors (Lipinski definition) is 4. The minimum absolute atomic E-state index is 0.0402. The molecule has 2 N–H and O–H groups in total. The summed E-state index contributed by atoms with van der Waals surface area (Å²) in [6.45, 7) is 0.838. The molecule has 82 valence electrons. The second kappa shape index (κ2) is 5.95. The van der Waals surface area contributed by atoms with Crippen LogP contribution in [0.5, 0.6) is 0 Å². The normalized spacial score (nSPS) is 15.9. The average Bonchev–Trinajstić information content (AvgIpc) is 2.96. The maximum Gasteiger partial charge on any atom is 0.234 e. The van der Waals surface area contributed by atoms with Crippen molar-refractivity contribution in [1.29, 1.82) is 0 Å². The van der Waals surface area contributed by atoms with Crippen molar-refractivity contribution in [2.45, 2.75) is 25.2 Å². The van der Waals surface area contributed by atoms with Crippen LogP contribution in [-0.4, -0.2) is 45.5 Å². The lowest BCUT2D eigenvalue weighted by molar-refractivity contribution is -0.121. The van der Waals surface area contributed by atoms with E-state index in [9.17, 15) is 4.79 Å². The molecule has 5 heteroatoms. The zero-order chi connectivity index (χ0) is 10.4. The summed E-state index contributed by atoms with van der Waals surface area (Å²) in [5, 5.41) is 5.84. The molecule has 1 saturated carbocycles. The summed E-state index contributed by atoms with van der Waals surface area (Å²) in [6, 6.07) is 0.421. The van der Waals surface area contributed by atoms with Gasteiger partial charge in [0.05, 0.1) is 6.54 Å². The van der Waals surface area contributed by atoms with Gasteiger partial charge in [-0.25, -0.2) is 0 Å². The van der Waals surface area contributed by atoms with Gasteiger partial charge >= 0.3 is 0 Å². The number of nitrogens with one attached hydrogen (secondary N) is 2. The summed E-state index contributed by atoms with van der Waals surface area (Å²) in [7, 11) is 3.14. The second-order valence-corrected chi connectivity index (χ2v) is 3.37. The van der Waals surface area contributed by atoms with Gasteiger partial charge in [-0.1, -0.05) is 0 Å². The summed E-state index contributed by atoms with van der Waals surface area (Å²) < 4.78 is 9.92. The first kappa shape index (κ1) is 11.4. The third-order valence-electron chi connectivity index (χ3n) is 2.06. The molecule has 0 aliphatic heterocycles. The van der Waals surface area contributed by atoms with Crippen LogP contribution >= 0.6 is 0 Å². The fraction of sp³-hybridized carbons (Fsp3) is 0.889. The fourth-order valence-electron chi connectivity index (χ4n) is 1.07. The Bertz CT molecular complexity index is 179. The largest absolute Gasteiger partial charge is 0.355 e. The number of carbonyl (C=O) groups excluding carboxylic acids is 1. The van der Waals surface area contributed by atoms with E-state index in [0.717, 1.165) is 12.8 Å². The Morgan fingerprint density at radius 3 is 2.57 bits per heavy atom. The summed E-state index contributed by atoms with van der Waals surface area (Å²) >= 11 is 0. The SMILES string of the molecule is COC(CNCC(=O)NC1CC1)OC. The van der Waals surface area contributed by atoms with Crippen LogP contribution in [0.1, 0.15) is 12.8 Å². The van der Waals surface area contributed by atoms with Crippen molar-refractivity contribution < 1.29 is 14.3 Å². The zero-order valence-electron chi connectivity index (χ0n) is 8.71. The first-order valence-electron chi connectivity index (χ1n) is 4.82. The van der Waals surface area contributed by atoms with E-state index in [2.05, 4.69) is 10.6 Å². The summed E-state index contributed by atoms with van der Waals surface area (Å²) in [5.74, 6) is 0.0402. The lowest BCUT2D eigenvalue weighted by Crippen LogP contribution is -2.39. The van der Waals surface area contributed by atoms with E-state index in [1.165, 1.54) is 0 Å². The van der Waals surface area contributed by atoms with Crippen molar-refractivity contribution in [1.82, 2.24) is 10.6 Å². The van der Waals surface area contributed by atoms with E-state index in [1.807, 2.05) is 0 Å². The molecule has 0 radical (unpaired) electrons. The Hall–Kier alpha value is -0.650. The smallest absolute Gasteiger partial charge is 0.234 e. The Morgan fingerprint density at radius 1 is 1.43 bits per heavy atom. The molecule has 1 amide bonds. The molecule has 0 heterocycles. The van der Waals surface area contributed by atoms with Crippen molar-refractivity contribution >= 4 is 5.91 Å². The van der Waals surface area contributed by atoms with Crippen molar-refractivity contribution in [3.05, 3.63) is 0 Å². The Morgan fingerprint density at radius 2 is 2.07 bits per heavy atom. The zero-order valence-corrected chi connectivity index (χ0v) is 8.71. The van der Waals surface area contributed by atoms with E-state index < -0.39 is 0 Å². The first-order valence-corrected chi connectivity index (χ1v) is 4.82. The summed E-state index contributed by atoms with van der Waals surface area (Å²) in [5.41, 5.74) is 0. The van der Waals surface area contributed by atoms with Gasteiger partial charge < -0.3 is 20.1 Å². The molecule has 5 nitrogen and oxygen atoms in total. The molecule has 0 saturated heterocycles. The van der Waals surface area contributed by atoms with E-state index in [4.69, 9.17) is 9.47 Å². The van der Waals surface area contributed by atoms with Gasteiger partial charge in [0.25, 0.3) is 0 Å². The highest BCUT2D eigenvalue weighted by molar-refractivity contribution is 5.78. The van der Waals surface area contributed by atoms with Crippen molar-refractivity contribution in [2.24, 2.45) is 0 Å². The van der Waals surface area contributed by atoms with Gasteiger partial charge in [0.15, 0.2) is 6.29 Å². The third-order valence-corrected chi connectivity index (χ3v) is 2.06. The molecule has 0 bridgehead atoms. The van der Waals surface area contributed by atoms with Crippen LogP contribution in [-0.2, 0) is 14.3 Å². The van der Waals surface area contributed by atoms with Crippen molar-refractivity contribution in [3.63, 3.8) is 0 Å². The van der Waals surface area contributed by atoms with E-state index in [-0.39, 0.29) is 12.2 Å². The predicted octanol–water partition coefficient (Wildman–Crippen LogP) is -0.526.